The molecule has 25 heavy (non-hydrogen) atoms. The number of hydrogen-bond donors (Lipinski definition) is 1. The number of ether oxygens (including phenoxy) is 1. The zero-order valence-corrected chi connectivity index (χ0v) is 14.1. The van der Waals surface area contributed by atoms with Crippen molar-refractivity contribution in [3.05, 3.63) is 60.2 Å². The molecule has 0 unspecified atom stereocenters. The molecule has 1 aliphatic rings. The number of methoxy groups -OCH3 is 1. The smallest absolute Gasteiger partial charge is 0.248 e. The van der Waals surface area contributed by atoms with E-state index in [1.807, 2.05) is 42.5 Å². The summed E-state index contributed by atoms with van der Waals surface area (Å²) in [6.07, 6.45) is 4.61. The van der Waals surface area contributed by atoms with Crippen LogP contribution in [0, 0.1) is 0 Å². The lowest BCUT2D eigenvalue weighted by Crippen LogP contribution is -2.25. The van der Waals surface area contributed by atoms with E-state index in [9.17, 15) is 9.59 Å². The van der Waals surface area contributed by atoms with E-state index in [2.05, 4.69) is 5.32 Å². The summed E-state index contributed by atoms with van der Waals surface area (Å²) in [6.45, 7) is 0.688. The molecule has 2 amide bonds. The third-order valence-corrected chi connectivity index (χ3v) is 4.07. The fourth-order valence-electron chi connectivity index (χ4n) is 2.78. The number of benzene rings is 2. The van der Waals surface area contributed by atoms with Gasteiger partial charge in [0.15, 0.2) is 0 Å². The Kier molecular flexibility index (Phi) is 5.14. The molecule has 1 fully saturated rings. The van der Waals surface area contributed by atoms with Crippen LogP contribution in [-0.2, 0) is 9.59 Å². The third-order valence-electron chi connectivity index (χ3n) is 4.07. The molecule has 5 heteroatoms. The quantitative estimate of drug-likeness (QED) is 0.851. The van der Waals surface area contributed by atoms with Gasteiger partial charge in [0.25, 0.3) is 0 Å². The minimum Gasteiger partial charge on any atom is -0.497 e. The standard InChI is InChI=1S/C20H20N2O3/c1-25-16-11-8-15(9-12-16)10-13-19(23)21-17-5-2-3-6-18(17)22-14-4-7-20(22)24/h2-3,5-6,8-13H,4,7,14H2,1H3,(H,21,23)/b13-10+. The molecule has 128 valence electrons. The molecule has 0 radical (unpaired) electrons. The average Bonchev–Trinajstić information content (AvgIpc) is 3.07. The van der Waals surface area contributed by atoms with Crippen LogP contribution in [0.1, 0.15) is 18.4 Å². The van der Waals surface area contributed by atoms with Gasteiger partial charge in [-0.3, -0.25) is 9.59 Å². The summed E-state index contributed by atoms with van der Waals surface area (Å²) in [5, 5.41) is 2.86. The van der Waals surface area contributed by atoms with Crippen LogP contribution in [0.25, 0.3) is 6.08 Å². The summed E-state index contributed by atoms with van der Waals surface area (Å²) in [5.41, 5.74) is 2.29. The SMILES string of the molecule is COc1ccc(/C=C/C(=O)Nc2ccccc2N2CCCC2=O)cc1. The molecule has 0 atom stereocenters. The van der Waals surface area contributed by atoms with Gasteiger partial charge in [0.05, 0.1) is 18.5 Å². The first-order valence-electron chi connectivity index (χ1n) is 8.20. The van der Waals surface area contributed by atoms with Gasteiger partial charge in [0.1, 0.15) is 5.75 Å². The monoisotopic (exact) mass is 336 g/mol. The maximum Gasteiger partial charge on any atom is 0.248 e. The van der Waals surface area contributed by atoms with Crippen molar-refractivity contribution in [1.82, 2.24) is 0 Å². The van der Waals surface area contributed by atoms with E-state index in [-0.39, 0.29) is 11.8 Å². The third kappa shape index (κ3) is 4.07. The van der Waals surface area contributed by atoms with Gasteiger partial charge in [0.2, 0.25) is 11.8 Å². The largest absolute Gasteiger partial charge is 0.497 e. The Morgan fingerprint density at radius 3 is 2.60 bits per heavy atom. The van der Waals surface area contributed by atoms with Crippen molar-refractivity contribution in [2.24, 2.45) is 0 Å². The average molecular weight is 336 g/mol. The number of carbonyl (C=O) groups is 2. The topological polar surface area (TPSA) is 58.6 Å². The maximum absolute atomic E-state index is 12.2. The van der Waals surface area contributed by atoms with E-state index in [0.29, 0.717) is 18.7 Å². The highest BCUT2D eigenvalue weighted by molar-refractivity contribution is 6.06. The number of amides is 2. The van der Waals surface area contributed by atoms with Crippen LogP contribution in [0.3, 0.4) is 0 Å². The molecule has 0 spiro atoms. The van der Waals surface area contributed by atoms with E-state index in [1.165, 1.54) is 6.08 Å². The van der Waals surface area contributed by atoms with Gasteiger partial charge in [-0.1, -0.05) is 24.3 Å². The molecule has 1 heterocycles. The van der Waals surface area contributed by atoms with Crippen molar-refractivity contribution < 1.29 is 14.3 Å². The second kappa shape index (κ2) is 7.66. The second-order valence-corrected chi connectivity index (χ2v) is 5.76. The Balaban J connectivity index is 1.70. The lowest BCUT2D eigenvalue weighted by molar-refractivity contribution is -0.117. The van der Waals surface area contributed by atoms with Crippen LogP contribution in [0.2, 0.25) is 0 Å². The Labute approximate surface area is 146 Å². The van der Waals surface area contributed by atoms with Crippen LogP contribution < -0.4 is 15.0 Å². The number of anilines is 2. The van der Waals surface area contributed by atoms with Crippen LogP contribution in [0.5, 0.6) is 5.75 Å². The van der Waals surface area contributed by atoms with E-state index in [4.69, 9.17) is 4.74 Å². The Morgan fingerprint density at radius 2 is 1.92 bits per heavy atom. The summed E-state index contributed by atoms with van der Waals surface area (Å²) in [4.78, 5) is 25.9. The molecular weight excluding hydrogens is 316 g/mol. The number of para-hydroxylation sites is 2. The summed E-state index contributed by atoms with van der Waals surface area (Å²) < 4.78 is 5.11. The summed E-state index contributed by atoms with van der Waals surface area (Å²) in [5.74, 6) is 0.621. The number of nitrogens with zero attached hydrogens (tertiary/aromatic N) is 1. The minimum absolute atomic E-state index is 0.0930. The molecule has 2 aromatic carbocycles. The minimum atomic E-state index is -0.241. The molecule has 0 aromatic heterocycles. The fraction of sp³-hybridized carbons (Fsp3) is 0.200. The van der Waals surface area contributed by atoms with Crippen molar-refractivity contribution in [3.63, 3.8) is 0 Å². The highest BCUT2D eigenvalue weighted by Gasteiger charge is 2.23. The zero-order valence-electron chi connectivity index (χ0n) is 14.1. The van der Waals surface area contributed by atoms with Crippen molar-refractivity contribution in [3.8, 4) is 5.75 Å². The van der Waals surface area contributed by atoms with E-state index >= 15 is 0 Å². The first-order chi connectivity index (χ1) is 12.2. The zero-order chi connectivity index (χ0) is 17.6. The number of rotatable bonds is 5. The highest BCUT2D eigenvalue weighted by Crippen LogP contribution is 2.29. The molecule has 0 aliphatic carbocycles. The van der Waals surface area contributed by atoms with Crippen LogP contribution in [-0.4, -0.2) is 25.5 Å². The van der Waals surface area contributed by atoms with Crippen molar-refractivity contribution >= 4 is 29.3 Å². The van der Waals surface area contributed by atoms with Gasteiger partial charge >= 0.3 is 0 Å². The van der Waals surface area contributed by atoms with Gasteiger partial charge in [-0.25, -0.2) is 0 Å². The van der Waals surface area contributed by atoms with Gasteiger partial charge in [-0.05, 0) is 42.3 Å². The first-order valence-corrected chi connectivity index (χ1v) is 8.20. The van der Waals surface area contributed by atoms with Crippen LogP contribution in [0.4, 0.5) is 11.4 Å². The Hall–Kier alpha value is -3.08. The van der Waals surface area contributed by atoms with Gasteiger partial charge < -0.3 is 15.0 Å². The molecule has 1 aliphatic heterocycles. The molecule has 2 aromatic rings. The Bertz CT molecular complexity index is 797. The molecule has 1 N–H and O–H groups in total. The molecule has 1 saturated heterocycles. The van der Waals surface area contributed by atoms with Gasteiger partial charge in [-0.2, -0.15) is 0 Å². The number of carbonyl (C=O) groups excluding carboxylic acids is 2. The second-order valence-electron chi connectivity index (χ2n) is 5.76. The van der Waals surface area contributed by atoms with E-state index in [1.54, 1.807) is 24.2 Å². The lowest BCUT2D eigenvalue weighted by Gasteiger charge is -2.19. The van der Waals surface area contributed by atoms with E-state index < -0.39 is 0 Å². The maximum atomic E-state index is 12.2. The van der Waals surface area contributed by atoms with Gasteiger partial charge in [-0.15, -0.1) is 0 Å². The summed E-state index contributed by atoms with van der Waals surface area (Å²) >= 11 is 0. The van der Waals surface area contributed by atoms with Crippen molar-refractivity contribution in [2.75, 3.05) is 23.9 Å². The van der Waals surface area contributed by atoms with Crippen molar-refractivity contribution in [1.29, 1.82) is 0 Å². The summed E-state index contributed by atoms with van der Waals surface area (Å²) in [6, 6.07) is 14.8. The molecule has 0 saturated carbocycles. The van der Waals surface area contributed by atoms with Gasteiger partial charge in [0, 0.05) is 19.0 Å². The molecule has 5 nitrogen and oxygen atoms in total. The van der Waals surface area contributed by atoms with E-state index in [0.717, 1.165) is 23.4 Å². The highest BCUT2D eigenvalue weighted by atomic mass is 16.5. The number of hydrogen-bond acceptors (Lipinski definition) is 3. The predicted octanol–water partition coefficient (Wildman–Crippen LogP) is 3.47. The lowest BCUT2D eigenvalue weighted by atomic mass is 10.2. The van der Waals surface area contributed by atoms with Crippen LogP contribution in [0.15, 0.2) is 54.6 Å². The molecular formula is C20H20N2O3. The fourth-order valence-corrected chi connectivity index (χ4v) is 2.78. The Morgan fingerprint density at radius 1 is 1.16 bits per heavy atom. The summed E-state index contributed by atoms with van der Waals surface area (Å²) in [7, 11) is 1.61. The molecule has 3 rings (SSSR count). The number of nitrogens with one attached hydrogen (secondary N) is 1. The molecule has 0 bridgehead atoms. The normalized spacial score (nSPS) is 14.1. The predicted molar refractivity (Wildman–Crippen MR) is 98.7 cm³/mol. The van der Waals surface area contributed by atoms with Crippen LogP contribution >= 0.6 is 0 Å². The first kappa shape index (κ1) is 16.8. The van der Waals surface area contributed by atoms with Crippen molar-refractivity contribution in [2.45, 2.75) is 12.8 Å².